The van der Waals surface area contributed by atoms with Crippen molar-refractivity contribution in [3.8, 4) is 5.75 Å². The molecule has 2 aliphatic carbocycles. The Kier molecular flexibility index (Phi) is 3.82. The summed E-state index contributed by atoms with van der Waals surface area (Å²) in [5, 5.41) is 0. The van der Waals surface area contributed by atoms with Crippen molar-refractivity contribution in [2.45, 2.75) is 19.3 Å². The van der Waals surface area contributed by atoms with Crippen LogP contribution in [0.15, 0.2) is 48.5 Å². The molecule has 3 aliphatic rings. The summed E-state index contributed by atoms with van der Waals surface area (Å²) in [5.74, 6) is -1.90. The van der Waals surface area contributed by atoms with Crippen LogP contribution in [0.2, 0.25) is 0 Å². The Morgan fingerprint density at radius 2 is 1.54 bits per heavy atom. The van der Waals surface area contributed by atoms with Crippen molar-refractivity contribution >= 4 is 23.5 Å². The summed E-state index contributed by atoms with van der Waals surface area (Å²) in [6, 6.07) is 11.9. The monoisotopic (exact) mass is 379 g/mol. The standard InChI is InChI=1S/C22H18FNO4/c23-15-6-2-1-5-14(15)22(27)28-17-8-4-3-7-16(17)24-20(25)18-12-9-10-13(11-12)19(18)21(24)26/h1-8,12-13,18-19H,9-11H2/t12-,13-,18+,19+/m1/s1. The van der Waals surface area contributed by atoms with Crippen LogP contribution in [-0.4, -0.2) is 17.8 Å². The Hall–Kier alpha value is -3.02. The summed E-state index contributed by atoms with van der Waals surface area (Å²) in [7, 11) is 0. The second kappa shape index (κ2) is 6.26. The van der Waals surface area contributed by atoms with Crippen LogP contribution >= 0.6 is 0 Å². The lowest BCUT2D eigenvalue weighted by Gasteiger charge is -2.20. The minimum absolute atomic E-state index is 0.0739. The number of esters is 1. The second-order valence-electron chi connectivity index (χ2n) is 7.73. The number of ether oxygens (including phenoxy) is 1. The number of nitrogens with zero attached hydrogens (tertiary/aromatic N) is 1. The first-order valence-corrected chi connectivity index (χ1v) is 9.50. The number of rotatable bonds is 3. The van der Waals surface area contributed by atoms with Gasteiger partial charge in [-0.05, 0) is 55.4 Å². The normalized spacial score (nSPS) is 28.0. The Labute approximate surface area is 161 Å². The van der Waals surface area contributed by atoms with Gasteiger partial charge in [0.2, 0.25) is 11.8 Å². The van der Waals surface area contributed by atoms with Crippen molar-refractivity contribution in [1.29, 1.82) is 0 Å². The van der Waals surface area contributed by atoms with Gasteiger partial charge in [0.1, 0.15) is 5.82 Å². The number of hydrogen-bond donors (Lipinski definition) is 0. The highest BCUT2D eigenvalue weighted by atomic mass is 19.1. The second-order valence-corrected chi connectivity index (χ2v) is 7.73. The van der Waals surface area contributed by atoms with Crippen LogP contribution in [0.1, 0.15) is 29.6 Å². The molecule has 2 bridgehead atoms. The van der Waals surface area contributed by atoms with Gasteiger partial charge in [0.15, 0.2) is 5.75 Å². The Morgan fingerprint density at radius 1 is 0.929 bits per heavy atom. The van der Waals surface area contributed by atoms with Gasteiger partial charge in [-0.1, -0.05) is 24.3 Å². The smallest absolute Gasteiger partial charge is 0.346 e. The maximum Gasteiger partial charge on any atom is 0.346 e. The van der Waals surface area contributed by atoms with Crippen molar-refractivity contribution in [3.63, 3.8) is 0 Å². The van der Waals surface area contributed by atoms with Gasteiger partial charge in [-0.15, -0.1) is 0 Å². The van der Waals surface area contributed by atoms with Gasteiger partial charge in [-0.2, -0.15) is 0 Å². The summed E-state index contributed by atoms with van der Waals surface area (Å²) in [6.07, 6.45) is 2.93. The number of fused-ring (bicyclic) bond motifs is 5. The van der Waals surface area contributed by atoms with Crippen LogP contribution in [-0.2, 0) is 9.59 Å². The summed E-state index contributed by atoms with van der Waals surface area (Å²) >= 11 is 0. The zero-order valence-electron chi connectivity index (χ0n) is 15.0. The van der Waals surface area contributed by atoms with E-state index in [1.807, 2.05) is 0 Å². The van der Waals surface area contributed by atoms with E-state index in [0.29, 0.717) is 0 Å². The van der Waals surface area contributed by atoms with E-state index < -0.39 is 11.8 Å². The zero-order valence-corrected chi connectivity index (χ0v) is 15.0. The van der Waals surface area contributed by atoms with Gasteiger partial charge in [-0.25, -0.2) is 14.1 Å². The van der Waals surface area contributed by atoms with E-state index in [2.05, 4.69) is 0 Å². The van der Waals surface area contributed by atoms with E-state index in [1.54, 1.807) is 18.2 Å². The number of halogens is 1. The summed E-state index contributed by atoms with van der Waals surface area (Å²) in [4.78, 5) is 39.7. The maximum atomic E-state index is 13.9. The van der Waals surface area contributed by atoms with Crippen LogP contribution in [0.25, 0.3) is 0 Å². The fourth-order valence-corrected chi connectivity index (χ4v) is 5.16. The molecule has 0 N–H and O–H groups in total. The first kappa shape index (κ1) is 17.1. The Morgan fingerprint density at radius 3 is 2.21 bits per heavy atom. The molecular formula is C22H18FNO4. The van der Waals surface area contributed by atoms with Gasteiger partial charge < -0.3 is 4.74 Å². The molecular weight excluding hydrogens is 361 g/mol. The summed E-state index contributed by atoms with van der Waals surface area (Å²) in [6.45, 7) is 0. The molecule has 142 valence electrons. The fourth-order valence-electron chi connectivity index (χ4n) is 5.16. The predicted molar refractivity (Wildman–Crippen MR) is 98.1 cm³/mol. The van der Waals surface area contributed by atoms with Crippen molar-refractivity contribution in [1.82, 2.24) is 0 Å². The molecule has 2 aromatic carbocycles. The lowest BCUT2D eigenvalue weighted by molar-refractivity contribution is -0.123. The number of anilines is 1. The number of benzene rings is 2. The maximum absolute atomic E-state index is 13.9. The molecule has 2 aromatic rings. The van der Waals surface area contributed by atoms with Gasteiger partial charge >= 0.3 is 5.97 Å². The Bertz CT molecular complexity index is 976. The van der Waals surface area contributed by atoms with Crippen molar-refractivity contribution < 1.29 is 23.5 Å². The first-order chi connectivity index (χ1) is 13.6. The van der Waals surface area contributed by atoms with Crippen LogP contribution in [0.5, 0.6) is 5.75 Å². The predicted octanol–water partition coefficient (Wildman–Crippen LogP) is 3.58. The van der Waals surface area contributed by atoms with E-state index in [1.165, 1.54) is 35.2 Å². The largest absolute Gasteiger partial charge is 0.421 e. The number of carbonyl (C=O) groups is 3. The highest BCUT2D eigenvalue weighted by Crippen LogP contribution is 2.57. The molecule has 28 heavy (non-hydrogen) atoms. The van der Waals surface area contributed by atoms with Crippen LogP contribution in [0, 0.1) is 29.5 Å². The summed E-state index contributed by atoms with van der Waals surface area (Å²) < 4.78 is 19.3. The molecule has 2 amide bonds. The first-order valence-electron chi connectivity index (χ1n) is 9.50. The molecule has 1 saturated heterocycles. The fraction of sp³-hybridized carbons (Fsp3) is 0.318. The molecule has 3 fully saturated rings. The van der Waals surface area contributed by atoms with Gasteiger partial charge in [-0.3, -0.25) is 9.59 Å². The van der Waals surface area contributed by atoms with Crippen molar-refractivity contribution in [3.05, 3.63) is 59.9 Å². The lowest BCUT2D eigenvalue weighted by atomic mass is 9.81. The third kappa shape index (κ3) is 2.40. The zero-order chi connectivity index (χ0) is 19.4. The molecule has 5 rings (SSSR count). The van der Waals surface area contributed by atoms with Gasteiger partial charge in [0.25, 0.3) is 0 Å². The van der Waals surface area contributed by atoms with Gasteiger partial charge in [0.05, 0.1) is 23.1 Å². The number of hydrogen-bond acceptors (Lipinski definition) is 4. The summed E-state index contributed by atoms with van der Waals surface area (Å²) in [5.41, 5.74) is 0.0438. The molecule has 5 nitrogen and oxygen atoms in total. The van der Waals surface area contributed by atoms with E-state index in [9.17, 15) is 18.8 Å². The molecule has 0 radical (unpaired) electrons. The number of amides is 2. The number of carbonyl (C=O) groups excluding carboxylic acids is 3. The van der Waals surface area contributed by atoms with Crippen LogP contribution in [0.3, 0.4) is 0 Å². The third-order valence-electron chi connectivity index (χ3n) is 6.33. The highest BCUT2D eigenvalue weighted by molar-refractivity contribution is 6.23. The molecule has 6 heteroatoms. The molecule has 0 spiro atoms. The molecule has 4 atom stereocenters. The van der Waals surface area contributed by atoms with E-state index in [4.69, 9.17) is 4.74 Å². The minimum atomic E-state index is -0.870. The molecule has 1 aliphatic heterocycles. The van der Waals surface area contributed by atoms with Crippen LogP contribution in [0.4, 0.5) is 10.1 Å². The topological polar surface area (TPSA) is 63.7 Å². The van der Waals surface area contributed by atoms with Crippen molar-refractivity contribution in [2.24, 2.45) is 23.7 Å². The lowest BCUT2D eigenvalue weighted by Crippen LogP contribution is -2.33. The van der Waals surface area contributed by atoms with Crippen molar-refractivity contribution in [2.75, 3.05) is 4.90 Å². The molecule has 0 unspecified atom stereocenters. The van der Waals surface area contributed by atoms with Gasteiger partial charge in [0, 0.05) is 0 Å². The van der Waals surface area contributed by atoms with E-state index in [0.717, 1.165) is 19.3 Å². The number of para-hydroxylation sites is 2. The molecule has 0 aromatic heterocycles. The van der Waals surface area contributed by atoms with E-state index >= 15 is 0 Å². The quantitative estimate of drug-likeness (QED) is 0.465. The van der Waals surface area contributed by atoms with E-state index in [-0.39, 0.29) is 52.5 Å². The highest BCUT2D eigenvalue weighted by Gasteiger charge is 2.61. The SMILES string of the molecule is O=C(Oc1ccccc1N1C(=O)[C@H]2[C@@H]3CC[C@H](C3)[C@@H]2C1=O)c1ccccc1F. The number of imide groups is 1. The third-order valence-corrected chi connectivity index (χ3v) is 6.33. The average molecular weight is 379 g/mol. The molecule has 2 saturated carbocycles. The molecule has 1 heterocycles. The van der Waals surface area contributed by atoms with Crippen LogP contribution < -0.4 is 9.64 Å². The Balaban J connectivity index is 1.48. The average Bonchev–Trinajstić information content (AvgIpc) is 3.37. The minimum Gasteiger partial charge on any atom is -0.421 e.